The van der Waals surface area contributed by atoms with E-state index < -0.39 is 0 Å². The molecule has 1 aliphatic rings. The third-order valence-corrected chi connectivity index (χ3v) is 3.21. The van der Waals surface area contributed by atoms with Crippen molar-refractivity contribution in [3.63, 3.8) is 0 Å². The number of carbonyl (C=O) groups excluding carboxylic acids is 1. The van der Waals surface area contributed by atoms with Crippen LogP contribution in [0.5, 0.6) is 0 Å². The highest BCUT2D eigenvalue weighted by Gasteiger charge is 2.23. The third-order valence-electron chi connectivity index (χ3n) is 3.21. The van der Waals surface area contributed by atoms with Gasteiger partial charge in [-0.05, 0) is 26.3 Å². The molecule has 1 aliphatic heterocycles. The number of hydrogen-bond donors (Lipinski definition) is 1. The summed E-state index contributed by atoms with van der Waals surface area (Å²) in [6.07, 6.45) is 0.732. The first-order valence-electron chi connectivity index (χ1n) is 6.47. The van der Waals surface area contributed by atoms with Crippen molar-refractivity contribution in [3.05, 3.63) is 23.0 Å². The summed E-state index contributed by atoms with van der Waals surface area (Å²) in [6, 6.07) is 2.20. The van der Waals surface area contributed by atoms with Crippen LogP contribution in [0.3, 0.4) is 0 Å². The van der Waals surface area contributed by atoms with Gasteiger partial charge in [-0.15, -0.1) is 12.4 Å². The van der Waals surface area contributed by atoms with E-state index in [0.29, 0.717) is 11.6 Å². The van der Waals surface area contributed by atoms with Crippen LogP contribution in [0.2, 0.25) is 0 Å². The maximum Gasteiger partial charge on any atom is 0.255 e. The predicted octanol–water partition coefficient (Wildman–Crippen LogP) is 1.20. The second-order valence-corrected chi connectivity index (χ2v) is 4.81. The fraction of sp³-hybridized carbons (Fsp3) is 0.615. The first kappa shape index (κ1) is 15.9. The SMILES string of the molecule is CCc1nnc(C)cc1C(=O)N1CCNC(C)C1.Cl. The van der Waals surface area contributed by atoms with Crippen LogP contribution in [0, 0.1) is 6.92 Å². The van der Waals surface area contributed by atoms with Crippen molar-refractivity contribution in [3.8, 4) is 0 Å². The Bertz CT molecular complexity index is 452. The van der Waals surface area contributed by atoms with E-state index in [4.69, 9.17) is 0 Å². The van der Waals surface area contributed by atoms with Gasteiger partial charge in [-0.3, -0.25) is 4.79 Å². The zero-order valence-corrected chi connectivity index (χ0v) is 12.5. The highest BCUT2D eigenvalue weighted by molar-refractivity contribution is 5.95. The Hall–Kier alpha value is -1.20. The van der Waals surface area contributed by atoms with Crippen molar-refractivity contribution in [2.75, 3.05) is 19.6 Å². The molecule has 1 atom stereocenters. The van der Waals surface area contributed by atoms with E-state index in [9.17, 15) is 4.79 Å². The van der Waals surface area contributed by atoms with Gasteiger partial charge in [0.05, 0.1) is 17.0 Å². The second kappa shape index (κ2) is 6.82. The fourth-order valence-corrected chi connectivity index (χ4v) is 2.25. The second-order valence-electron chi connectivity index (χ2n) is 4.81. The topological polar surface area (TPSA) is 58.1 Å². The summed E-state index contributed by atoms with van der Waals surface area (Å²) in [5.74, 6) is 0.0817. The molecule has 106 valence electrons. The smallest absolute Gasteiger partial charge is 0.255 e. The molecule has 5 nitrogen and oxygen atoms in total. The zero-order chi connectivity index (χ0) is 13.1. The quantitative estimate of drug-likeness (QED) is 0.887. The van der Waals surface area contributed by atoms with Crippen molar-refractivity contribution >= 4 is 18.3 Å². The van der Waals surface area contributed by atoms with Crippen LogP contribution in [-0.4, -0.2) is 46.7 Å². The monoisotopic (exact) mass is 284 g/mol. The largest absolute Gasteiger partial charge is 0.336 e. The lowest BCUT2D eigenvalue weighted by Crippen LogP contribution is -2.51. The van der Waals surface area contributed by atoms with E-state index in [1.165, 1.54) is 0 Å². The van der Waals surface area contributed by atoms with Crippen LogP contribution < -0.4 is 5.32 Å². The number of nitrogens with one attached hydrogen (secondary N) is 1. The number of piperazine rings is 1. The van der Waals surface area contributed by atoms with Gasteiger partial charge in [0.1, 0.15) is 0 Å². The van der Waals surface area contributed by atoms with E-state index in [2.05, 4.69) is 22.4 Å². The molecular formula is C13H21ClN4O. The molecule has 0 spiro atoms. The molecule has 1 aromatic rings. The Morgan fingerprint density at radius 2 is 2.26 bits per heavy atom. The maximum absolute atomic E-state index is 12.5. The van der Waals surface area contributed by atoms with Crippen molar-refractivity contribution in [2.45, 2.75) is 33.2 Å². The summed E-state index contributed by atoms with van der Waals surface area (Å²) in [4.78, 5) is 14.4. The lowest BCUT2D eigenvalue weighted by Gasteiger charge is -2.32. The van der Waals surface area contributed by atoms with Crippen LogP contribution >= 0.6 is 12.4 Å². The first-order valence-corrected chi connectivity index (χ1v) is 6.47. The summed E-state index contributed by atoms with van der Waals surface area (Å²) >= 11 is 0. The molecule has 0 bridgehead atoms. The molecule has 2 heterocycles. The zero-order valence-electron chi connectivity index (χ0n) is 11.6. The average molecular weight is 285 g/mol. The summed E-state index contributed by atoms with van der Waals surface area (Å²) < 4.78 is 0. The highest BCUT2D eigenvalue weighted by atomic mass is 35.5. The number of carbonyl (C=O) groups is 1. The minimum absolute atomic E-state index is 0. The number of rotatable bonds is 2. The number of hydrogen-bond acceptors (Lipinski definition) is 4. The number of halogens is 1. The molecule has 1 amide bonds. The van der Waals surface area contributed by atoms with Gasteiger partial charge in [0.25, 0.3) is 5.91 Å². The van der Waals surface area contributed by atoms with Crippen molar-refractivity contribution < 1.29 is 4.79 Å². The van der Waals surface area contributed by atoms with Crippen LogP contribution in [0.1, 0.15) is 35.6 Å². The molecule has 0 saturated carbocycles. The molecule has 19 heavy (non-hydrogen) atoms. The molecule has 1 aromatic heterocycles. The van der Waals surface area contributed by atoms with Crippen molar-refractivity contribution in [1.29, 1.82) is 0 Å². The van der Waals surface area contributed by atoms with E-state index in [1.807, 2.05) is 24.8 Å². The standard InChI is InChI=1S/C13H20N4O.ClH/c1-4-12-11(7-9(2)15-16-12)13(18)17-6-5-14-10(3)8-17;/h7,10,14H,4-6,8H2,1-3H3;1H. The summed E-state index contributed by atoms with van der Waals surface area (Å²) in [7, 11) is 0. The van der Waals surface area contributed by atoms with Gasteiger partial charge >= 0.3 is 0 Å². The number of aryl methyl sites for hydroxylation is 2. The minimum Gasteiger partial charge on any atom is -0.336 e. The van der Waals surface area contributed by atoms with Gasteiger partial charge in [-0.1, -0.05) is 6.92 Å². The van der Waals surface area contributed by atoms with Crippen molar-refractivity contribution in [2.24, 2.45) is 0 Å². The molecule has 6 heteroatoms. The van der Waals surface area contributed by atoms with E-state index in [0.717, 1.165) is 37.4 Å². The highest BCUT2D eigenvalue weighted by Crippen LogP contribution is 2.12. The van der Waals surface area contributed by atoms with Gasteiger partial charge < -0.3 is 10.2 Å². The Balaban J connectivity index is 0.00000180. The number of aromatic nitrogens is 2. The first-order chi connectivity index (χ1) is 8.61. The Morgan fingerprint density at radius 3 is 2.89 bits per heavy atom. The molecule has 0 aliphatic carbocycles. The Kier molecular flexibility index (Phi) is 5.69. The molecule has 2 rings (SSSR count). The van der Waals surface area contributed by atoms with E-state index >= 15 is 0 Å². The van der Waals surface area contributed by atoms with Gasteiger partial charge in [-0.25, -0.2) is 0 Å². The number of amides is 1. The average Bonchev–Trinajstić information content (AvgIpc) is 2.38. The molecule has 1 unspecified atom stereocenters. The van der Waals surface area contributed by atoms with Crippen LogP contribution in [0.4, 0.5) is 0 Å². The molecule has 1 N–H and O–H groups in total. The minimum atomic E-state index is 0. The normalized spacial score (nSPS) is 18.9. The summed E-state index contributed by atoms with van der Waals surface area (Å²) in [5.41, 5.74) is 2.29. The van der Waals surface area contributed by atoms with E-state index in [-0.39, 0.29) is 18.3 Å². The summed E-state index contributed by atoms with van der Waals surface area (Å²) in [5, 5.41) is 11.5. The van der Waals surface area contributed by atoms with Gasteiger partial charge in [-0.2, -0.15) is 10.2 Å². The Labute approximate surface area is 120 Å². The molecule has 0 aromatic carbocycles. The Morgan fingerprint density at radius 1 is 1.53 bits per heavy atom. The molecule has 1 saturated heterocycles. The molecular weight excluding hydrogens is 264 g/mol. The summed E-state index contributed by atoms with van der Waals surface area (Å²) in [6.45, 7) is 8.32. The van der Waals surface area contributed by atoms with Gasteiger partial charge in [0.15, 0.2) is 0 Å². The van der Waals surface area contributed by atoms with Gasteiger partial charge in [0.2, 0.25) is 0 Å². The predicted molar refractivity (Wildman–Crippen MR) is 76.8 cm³/mol. The van der Waals surface area contributed by atoms with E-state index in [1.54, 1.807) is 0 Å². The molecule has 0 radical (unpaired) electrons. The lowest BCUT2D eigenvalue weighted by atomic mass is 10.1. The third kappa shape index (κ3) is 3.64. The van der Waals surface area contributed by atoms with Crippen molar-refractivity contribution in [1.82, 2.24) is 20.4 Å². The number of nitrogens with zero attached hydrogens (tertiary/aromatic N) is 3. The van der Waals surface area contributed by atoms with Crippen LogP contribution in [0.15, 0.2) is 6.07 Å². The fourth-order valence-electron chi connectivity index (χ4n) is 2.25. The van der Waals surface area contributed by atoms with Crippen LogP contribution in [-0.2, 0) is 6.42 Å². The molecule has 1 fully saturated rings. The van der Waals surface area contributed by atoms with Crippen LogP contribution in [0.25, 0.3) is 0 Å². The lowest BCUT2D eigenvalue weighted by molar-refractivity contribution is 0.0707. The maximum atomic E-state index is 12.5. The van der Waals surface area contributed by atoms with Gasteiger partial charge in [0, 0.05) is 25.7 Å².